The maximum absolute atomic E-state index is 13.7. The molecular formula is C27H20F9N5O. The van der Waals surface area contributed by atoms with Gasteiger partial charge in [0.15, 0.2) is 0 Å². The van der Waals surface area contributed by atoms with Gasteiger partial charge in [0.2, 0.25) is 0 Å². The molecule has 1 aliphatic rings. The van der Waals surface area contributed by atoms with Crippen LogP contribution in [0.15, 0.2) is 54.6 Å². The van der Waals surface area contributed by atoms with E-state index in [9.17, 15) is 39.5 Å². The molecule has 6 nitrogen and oxygen atoms in total. The van der Waals surface area contributed by atoms with Gasteiger partial charge in [-0.05, 0) is 75.5 Å². The van der Waals surface area contributed by atoms with Crippen molar-refractivity contribution in [3.63, 3.8) is 0 Å². The van der Waals surface area contributed by atoms with Crippen LogP contribution in [-0.4, -0.2) is 26.8 Å². The fourth-order valence-electron chi connectivity index (χ4n) is 4.67. The normalized spacial score (nSPS) is 13.7. The number of alkyl halides is 9. The molecule has 15 heteroatoms. The maximum atomic E-state index is 13.7. The van der Waals surface area contributed by atoms with Crippen LogP contribution in [0.3, 0.4) is 0 Å². The monoisotopic (exact) mass is 601 g/mol. The summed E-state index contributed by atoms with van der Waals surface area (Å²) in [6.45, 7) is -0.565. The van der Waals surface area contributed by atoms with Crippen molar-refractivity contribution in [3.8, 4) is 16.9 Å². The molecule has 5 rings (SSSR count). The Labute approximate surface area is 232 Å². The van der Waals surface area contributed by atoms with Gasteiger partial charge in [0.1, 0.15) is 5.75 Å². The van der Waals surface area contributed by atoms with Crippen molar-refractivity contribution in [2.24, 2.45) is 7.05 Å². The van der Waals surface area contributed by atoms with Crippen LogP contribution >= 0.6 is 0 Å². The molecule has 3 aromatic carbocycles. The Morgan fingerprint density at radius 1 is 0.786 bits per heavy atom. The lowest BCUT2D eigenvalue weighted by Gasteiger charge is -2.24. The van der Waals surface area contributed by atoms with Crippen molar-refractivity contribution in [1.29, 1.82) is 0 Å². The number of fused-ring (bicyclic) bond motifs is 1. The molecule has 0 fully saturated rings. The average molecular weight is 601 g/mol. The minimum Gasteiger partial charge on any atom is -0.493 e. The van der Waals surface area contributed by atoms with E-state index in [4.69, 9.17) is 4.74 Å². The largest absolute Gasteiger partial charge is 0.493 e. The first kappa shape index (κ1) is 29.2. The van der Waals surface area contributed by atoms with E-state index >= 15 is 0 Å². The van der Waals surface area contributed by atoms with Crippen LogP contribution in [0, 0.1) is 0 Å². The van der Waals surface area contributed by atoms with E-state index in [1.165, 1.54) is 13.1 Å². The molecule has 0 N–H and O–H groups in total. The Kier molecular flexibility index (Phi) is 7.31. The fourth-order valence-corrected chi connectivity index (χ4v) is 4.67. The zero-order chi connectivity index (χ0) is 30.4. The van der Waals surface area contributed by atoms with Crippen LogP contribution in [0.4, 0.5) is 45.5 Å². The number of halogens is 9. The summed E-state index contributed by atoms with van der Waals surface area (Å²) < 4.78 is 128. The van der Waals surface area contributed by atoms with Gasteiger partial charge < -0.3 is 9.64 Å². The molecule has 0 bridgehead atoms. The third-order valence-corrected chi connectivity index (χ3v) is 6.60. The quantitative estimate of drug-likeness (QED) is 0.221. The predicted molar refractivity (Wildman–Crippen MR) is 131 cm³/mol. The van der Waals surface area contributed by atoms with Crippen molar-refractivity contribution < 1.29 is 44.3 Å². The van der Waals surface area contributed by atoms with Gasteiger partial charge >= 0.3 is 18.5 Å². The highest BCUT2D eigenvalue weighted by atomic mass is 19.4. The second-order valence-corrected chi connectivity index (χ2v) is 9.64. The van der Waals surface area contributed by atoms with Gasteiger partial charge in [-0.15, -0.1) is 5.10 Å². The predicted octanol–water partition coefficient (Wildman–Crippen LogP) is 7.08. The van der Waals surface area contributed by atoms with Crippen LogP contribution in [0.1, 0.15) is 33.4 Å². The van der Waals surface area contributed by atoms with Gasteiger partial charge in [-0.25, -0.2) is 0 Å². The van der Waals surface area contributed by atoms with Crippen LogP contribution in [0.25, 0.3) is 11.1 Å². The molecule has 1 aliphatic heterocycles. The summed E-state index contributed by atoms with van der Waals surface area (Å²) in [7, 11) is 1.38. The number of aromatic nitrogens is 4. The second-order valence-electron chi connectivity index (χ2n) is 9.64. The lowest BCUT2D eigenvalue weighted by Crippen LogP contribution is -2.25. The van der Waals surface area contributed by atoms with Gasteiger partial charge in [-0.2, -0.15) is 44.3 Å². The summed E-state index contributed by atoms with van der Waals surface area (Å²) in [6, 6.07) is 9.25. The van der Waals surface area contributed by atoms with Gasteiger partial charge in [0.25, 0.3) is 5.95 Å². The lowest BCUT2D eigenvalue weighted by molar-refractivity contribution is -0.143. The summed E-state index contributed by atoms with van der Waals surface area (Å²) in [5.41, 5.74) is -2.61. The molecule has 222 valence electrons. The molecule has 0 saturated heterocycles. The third kappa shape index (κ3) is 6.29. The molecule has 0 amide bonds. The van der Waals surface area contributed by atoms with E-state index in [1.54, 1.807) is 18.2 Å². The minimum absolute atomic E-state index is 0.00309. The number of aryl methyl sites for hydroxylation is 1. The number of benzene rings is 3. The number of rotatable bonds is 6. The lowest BCUT2D eigenvalue weighted by atomic mass is 9.95. The Morgan fingerprint density at radius 3 is 2.05 bits per heavy atom. The Hall–Kier alpha value is -4.30. The van der Waals surface area contributed by atoms with Gasteiger partial charge in [-0.1, -0.05) is 17.2 Å². The molecule has 42 heavy (non-hydrogen) atoms. The number of tetrazole rings is 1. The summed E-state index contributed by atoms with van der Waals surface area (Å²) in [4.78, 5) is 2.17. The standard InChI is InChI=1S/C27H20F9N5O/c1-40-38-24(37-39-40)41(13-15-8-20(26(31,32)33)12-21(9-15)27(34,35)36)14-18-11-19(25(28,29)30)3-4-22(18)16-2-5-23-17(10-16)6-7-42-23/h2-5,8-12H,6-7,13-14H2,1H3. The van der Waals surface area contributed by atoms with Crippen LogP contribution < -0.4 is 9.64 Å². The molecule has 0 unspecified atom stereocenters. The second kappa shape index (κ2) is 10.5. The molecule has 0 radical (unpaired) electrons. The van der Waals surface area contributed by atoms with Gasteiger partial charge in [-0.3, -0.25) is 0 Å². The van der Waals surface area contributed by atoms with Crippen molar-refractivity contribution >= 4 is 5.95 Å². The smallest absolute Gasteiger partial charge is 0.416 e. The topological polar surface area (TPSA) is 56.1 Å². The highest BCUT2D eigenvalue weighted by Crippen LogP contribution is 2.39. The van der Waals surface area contributed by atoms with Crippen molar-refractivity contribution in [1.82, 2.24) is 20.2 Å². The SMILES string of the molecule is Cn1nnc(N(Cc2cc(C(F)(F)F)cc(C(F)(F)F)c2)Cc2cc(C(F)(F)F)ccc2-c2ccc3c(c2)CCO3)n1. The minimum atomic E-state index is -5.09. The van der Waals surface area contributed by atoms with E-state index in [2.05, 4.69) is 15.4 Å². The van der Waals surface area contributed by atoms with E-state index in [-0.39, 0.29) is 17.6 Å². The Morgan fingerprint density at radius 2 is 1.45 bits per heavy atom. The molecule has 0 saturated carbocycles. The molecule has 2 heterocycles. The van der Waals surface area contributed by atoms with E-state index in [1.807, 2.05) is 0 Å². The van der Waals surface area contributed by atoms with Crippen molar-refractivity contribution in [2.75, 3.05) is 11.5 Å². The number of ether oxygens (including phenoxy) is 1. The first-order valence-corrected chi connectivity index (χ1v) is 12.3. The first-order chi connectivity index (χ1) is 19.6. The van der Waals surface area contributed by atoms with E-state index in [0.29, 0.717) is 42.0 Å². The molecule has 0 aliphatic carbocycles. The summed E-state index contributed by atoms with van der Waals surface area (Å²) in [6.07, 6.45) is -14.3. The number of anilines is 1. The molecule has 0 spiro atoms. The zero-order valence-corrected chi connectivity index (χ0v) is 21.6. The van der Waals surface area contributed by atoms with Crippen LogP contribution in [0.2, 0.25) is 0 Å². The molecule has 1 aromatic heterocycles. The summed E-state index contributed by atoms with van der Waals surface area (Å²) in [5.74, 6) is 0.428. The number of hydrogen-bond acceptors (Lipinski definition) is 5. The molecule has 4 aromatic rings. The zero-order valence-electron chi connectivity index (χ0n) is 21.6. The number of hydrogen-bond donors (Lipinski definition) is 0. The Balaban J connectivity index is 1.61. The first-order valence-electron chi connectivity index (χ1n) is 12.3. The maximum Gasteiger partial charge on any atom is 0.416 e. The molecular weight excluding hydrogens is 581 g/mol. The van der Waals surface area contributed by atoms with E-state index in [0.717, 1.165) is 27.4 Å². The summed E-state index contributed by atoms with van der Waals surface area (Å²) in [5, 5.41) is 11.5. The van der Waals surface area contributed by atoms with Crippen molar-refractivity contribution in [2.45, 2.75) is 38.0 Å². The third-order valence-electron chi connectivity index (χ3n) is 6.60. The van der Waals surface area contributed by atoms with Crippen LogP contribution in [-0.2, 0) is 45.1 Å². The number of nitrogens with zero attached hydrogens (tertiary/aromatic N) is 5. The van der Waals surface area contributed by atoms with Crippen molar-refractivity contribution in [3.05, 3.63) is 88.0 Å². The highest BCUT2D eigenvalue weighted by Gasteiger charge is 2.37. The fraction of sp³-hybridized carbons (Fsp3) is 0.296. The average Bonchev–Trinajstić information content (AvgIpc) is 3.55. The Bertz CT molecular complexity index is 1580. The van der Waals surface area contributed by atoms with Gasteiger partial charge in [0.05, 0.1) is 30.3 Å². The van der Waals surface area contributed by atoms with Crippen LogP contribution in [0.5, 0.6) is 5.75 Å². The van der Waals surface area contributed by atoms with E-state index < -0.39 is 53.9 Å². The van der Waals surface area contributed by atoms with Gasteiger partial charge in [0, 0.05) is 19.5 Å². The summed E-state index contributed by atoms with van der Waals surface area (Å²) >= 11 is 0. The highest BCUT2D eigenvalue weighted by molar-refractivity contribution is 5.70. The molecule has 0 atom stereocenters.